The lowest BCUT2D eigenvalue weighted by Gasteiger charge is -2.08. The second-order valence-corrected chi connectivity index (χ2v) is 4.57. The molecule has 0 spiro atoms. The Hall–Kier alpha value is -2.14. The number of hydrogen-bond donors (Lipinski definition) is 1. The first kappa shape index (κ1) is 14.3. The van der Waals surface area contributed by atoms with Crippen LogP contribution in [0.3, 0.4) is 0 Å². The molecule has 2 aromatic rings. The zero-order chi connectivity index (χ0) is 14.7. The summed E-state index contributed by atoms with van der Waals surface area (Å²) in [7, 11) is 0. The van der Waals surface area contributed by atoms with Crippen LogP contribution in [0.1, 0.15) is 28.5 Å². The number of halogens is 1. The van der Waals surface area contributed by atoms with E-state index in [1.165, 1.54) is 6.20 Å². The summed E-state index contributed by atoms with van der Waals surface area (Å²) in [5.41, 5.74) is 1.37. The van der Waals surface area contributed by atoms with Gasteiger partial charge in [-0.2, -0.15) is 4.98 Å². The third-order valence-electron chi connectivity index (χ3n) is 2.79. The van der Waals surface area contributed by atoms with Crippen molar-refractivity contribution < 1.29 is 14.6 Å². The normalized spacial score (nSPS) is 10.3. The van der Waals surface area contributed by atoms with Crippen molar-refractivity contribution in [1.82, 2.24) is 9.97 Å². The Bertz CT molecular complexity index is 659. The number of aryl methyl sites for hydroxylation is 2. The molecule has 2 rings (SSSR count). The number of aromatic carboxylic acids is 1. The number of benzene rings is 1. The van der Waals surface area contributed by atoms with E-state index in [0.29, 0.717) is 16.5 Å². The van der Waals surface area contributed by atoms with Crippen LogP contribution in [0.5, 0.6) is 11.8 Å². The van der Waals surface area contributed by atoms with Gasteiger partial charge in [-0.05, 0) is 37.1 Å². The van der Waals surface area contributed by atoms with E-state index >= 15 is 0 Å². The van der Waals surface area contributed by atoms with E-state index < -0.39 is 5.97 Å². The van der Waals surface area contributed by atoms with Gasteiger partial charge in [-0.3, -0.25) is 0 Å². The minimum absolute atomic E-state index is 0.0581. The third kappa shape index (κ3) is 3.05. The zero-order valence-corrected chi connectivity index (χ0v) is 11.8. The number of nitrogens with zero attached hydrogens (tertiary/aromatic N) is 2. The van der Waals surface area contributed by atoms with Crippen LogP contribution in [-0.4, -0.2) is 21.0 Å². The molecule has 0 aliphatic carbocycles. The van der Waals surface area contributed by atoms with Crippen molar-refractivity contribution in [2.24, 2.45) is 0 Å². The van der Waals surface area contributed by atoms with Crippen molar-refractivity contribution in [2.75, 3.05) is 0 Å². The molecule has 0 unspecified atom stereocenters. The molecule has 0 aliphatic heterocycles. The van der Waals surface area contributed by atoms with Crippen LogP contribution in [0.25, 0.3) is 0 Å². The highest BCUT2D eigenvalue weighted by molar-refractivity contribution is 6.31. The van der Waals surface area contributed by atoms with E-state index in [1.54, 1.807) is 19.1 Å². The van der Waals surface area contributed by atoms with E-state index in [-0.39, 0.29) is 11.6 Å². The summed E-state index contributed by atoms with van der Waals surface area (Å²) in [4.78, 5) is 18.8. The topological polar surface area (TPSA) is 72.3 Å². The lowest BCUT2D eigenvalue weighted by atomic mass is 10.1. The molecule has 0 atom stereocenters. The first-order valence-electron chi connectivity index (χ1n) is 6.04. The molecule has 20 heavy (non-hydrogen) atoms. The monoisotopic (exact) mass is 292 g/mol. The Morgan fingerprint density at radius 3 is 2.80 bits per heavy atom. The molecule has 1 N–H and O–H groups in total. The summed E-state index contributed by atoms with van der Waals surface area (Å²) in [5.74, 6) is -0.498. The van der Waals surface area contributed by atoms with E-state index in [9.17, 15) is 4.79 Å². The van der Waals surface area contributed by atoms with Gasteiger partial charge >= 0.3 is 12.0 Å². The zero-order valence-electron chi connectivity index (χ0n) is 11.1. The van der Waals surface area contributed by atoms with Crippen LogP contribution < -0.4 is 4.74 Å². The van der Waals surface area contributed by atoms with Gasteiger partial charge in [-0.1, -0.05) is 18.5 Å². The molecular formula is C14H13ClN2O3. The summed E-state index contributed by atoms with van der Waals surface area (Å²) in [5, 5.41) is 9.59. The first-order valence-corrected chi connectivity index (χ1v) is 6.42. The number of carboxylic acids is 1. The molecule has 0 fully saturated rings. The molecule has 1 aromatic carbocycles. The molecule has 1 aromatic heterocycles. The van der Waals surface area contributed by atoms with Gasteiger partial charge in [-0.15, -0.1) is 0 Å². The van der Waals surface area contributed by atoms with Gasteiger partial charge in [-0.25, -0.2) is 9.78 Å². The highest BCUT2D eigenvalue weighted by Crippen LogP contribution is 2.25. The van der Waals surface area contributed by atoms with Crippen LogP contribution in [0.2, 0.25) is 5.02 Å². The van der Waals surface area contributed by atoms with Gasteiger partial charge in [0.1, 0.15) is 5.75 Å². The number of hydrogen-bond acceptors (Lipinski definition) is 4. The van der Waals surface area contributed by atoms with Crippen LogP contribution in [0, 0.1) is 6.92 Å². The first-order chi connectivity index (χ1) is 9.51. The molecule has 0 amide bonds. The van der Waals surface area contributed by atoms with Gasteiger partial charge in [0, 0.05) is 11.2 Å². The van der Waals surface area contributed by atoms with Crippen molar-refractivity contribution >= 4 is 17.6 Å². The number of aromatic nitrogens is 2. The number of carbonyl (C=O) groups is 1. The Labute approximate surface area is 121 Å². The highest BCUT2D eigenvalue weighted by atomic mass is 35.5. The predicted molar refractivity (Wildman–Crippen MR) is 74.6 cm³/mol. The van der Waals surface area contributed by atoms with E-state index in [0.717, 1.165) is 12.0 Å². The largest absolute Gasteiger partial charge is 0.478 e. The smallest absolute Gasteiger partial charge is 0.339 e. The van der Waals surface area contributed by atoms with Crippen LogP contribution >= 0.6 is 11.6 Å². The van der Waals surface area contributed by atoms with Crippen molar-refractivity contribution in [3.63, 3.8) is 0 Å². The molecule has 0 aliphatic rings. The van der Waals surface area contributed by atoms with Gasteiger partial charge in [0.15, 0.2) is 0 Å². The Kier molecular flexibility index (Phi) is 4.20. The molecule has 0 saturated carbocycles. The number of ether oxygens (including phenoxy) is 1. The Morgan fingerprint density at radius 2 is 2.20 bits per heavy atom. The lowest BCUT2D eigenvalue weighted by molar-refractivity contribution is 0.0695. The molecule has 5 nitrogen and oxygen atoms in total. The maximum Gasteiger partial charge on any atom is 0.339 e. The average molecular weight is 293 g/mol. The summed E-state index contributed by atoms with van der Waals surface area (Å²) in [6, 6.07) is 5.38. The number of carboxylic acid groups (broad SMARTS) is 1. The van der Waals surface area contributed by atoms with Gasteiger partial charge in [0.2, 0.25) is 0 Å². The molecule has 0 radical (unpaired) electrons. The minimum Gasteiger partial charge on any atom is -0.478 e. The fourth-order valence-corrected chi connectivity index (χ4v) is 1.95. The molecule has 6 heteroatoms. The van der Waals surface area contributed by atoms with Crippen molar-refractivity contribution in [3.8, 4) is 11.8 Å². The van der Waals surface area contributed by atoms with Crippen LogP contribution in [-0.2, 0) is 6.42 Å². The summed E-state index contributed by atoms with van der Waals surface area (Å²) in [6.45, 7) is 3.59. The Morgan fingerprint density at radius 1 is 1.45 bits per heavy atom. The Balaban J connectivity index is 2.26. The fourth-order valence-electron chi connectivity index (χ4n) is 1.70. The molecule has 0 saturated heterocycles. The minimum atomic E-state index is -1.06. The maximum absolute atomic E-state index is 10.9. The van der Waals surface area contributed by atoms with E-state index in [1.807, 2.05) is 13.0 Å². The van der Waals surface area contributed by atoms with Crippen molar-refractivity contribution in [1.29, 1.82) is 0 Å². The fraction of sp³-hybridized carbons (Fsp3) is 0.214. The summed E-state index contributed by atoms with van der Waals surface area (Å²) in [6.07, 6.45) is 2.02. The van der Waals surface area contributed by atoms with Gasteiger partial charge in [0.05, 0.1) is 11.3 Å². The summed E-state index contributed by atoms with van der Waals surface area (Å²) < 4.78 is 5.52. The highest BCUT2D eigenvalue weighted by Gasteiger charge is 2.11. The summed E-state index contributed by atoms with van der Waals surface area (Å²) >= 11 is 6.03. The lowest BCUT2D eigenvalue weighted by Crippen LogP contribution is -2.04. The van der Waals surface area contributed by atoms with Crippen LogP contribution in [0.15, 0.2) is 24.4 Å². The van der Waals surface area contributed by atoms with Gasteiger partial charge < -0.3 is 9.84 Å². The van der Waals surface area contributed by atoms with Crippen LogP contribution in [0.4, 0.5) is 0 Å². The quantitative estimate of drug-likeness (QED) is 0.934. The van der Waals surface area contributed by atoms with Crippen molar-refractivity contribution in [2.45, 2.75) is 20.3 Å². The predicted octanol–water partition coefficient (Wildman–Crippen LogP) is 3.49. The standard InChI is InChI=1S/C14H13ClN2O3/c1-3-9-6-10(4-5-12(9)15)20-14-16-7-11(13(18)19)8(2)17-14/h4-7H,3H2,1-2H3,(H,18,19). The van der Waals surface area contributed by atoms with E-state index in [4.69, 9.17) is 21.4 Å². The molecule has 1 heterocycles. The van der Waals surface area contributed by atoms with Crippen molar-refractivity contribution in [3.05, 3.63) is 46.2 Å². The maximum atomic E-state index is 10.9. The number of rotatable bonds is 4. The van der Waals surface area contributed by atoms with Gasteiger partial charge in [0.25, 0.3) is 0 Å². The average Bonchev–Trinajstić information content (AvgIpc) is 2.40. The molecule has 0 bridgehead atoms. The van der Waals surface area contributed by atoms with E-state index in [2.05, 4.69) is 9.97 Å². The SMILES string of the molecule is CCc1cc(Oc2ncc(C(=O)O)c(C)n2)ccc1Cl. The molecule has 104 valence electrons. The third-order valence-corrected chi connectivity index (χ3v) is 3.16. The molecular weight excluding hydrogens is 280 g/mol. The second-order valence-electron chi connectivity index (χ2n) is 4.17. The second kappa shape index (κ2) is 5.88.